The van der Waals surface area contributed by atoms with Crippen LogP contribution in [0.1, 0.15) is 18.2 Å². The van der Waals surface area contributed by atoms with Gasteiger partial charge in [0.1, 0.15) is 0 Å². The Labute approximate surface area is 84.1 Å². The molecule has 1 heterocycles. The van der Waals surface area contributed by atoms with Gasteiger partial charge in [0.2, 0.25) is 0 Å². The van der Waals surface area contributed by atoms with Crippen molar-refractivity contribution in [1.29, 1.82) is 0 Å². The maximum absolute atomic E-state index is 11.4. The number of hydrogen-bond donors (Lipinski definition) is 1. The Morgan fingerprint density at radius 3 is 2.79 bits per heavy atom. The maximum atomic E-state index is 11.4. The van der Waals surface area contributed by atoms with Gasteiger partial charge in [-0.1, -0.05) is 13.0 Å². The van der Waals surface area contributed by atoms with E-state index in [4.69, 9.17) is 5.73 Å². The summed E-state index contributed by atoms with van der Waals surface area (Å²) in [6.07, 6.45) is 1.62. The number of pyridine rings is 1. The summed E-state index contributed by atoms with van der Waals surface area (Å²) in [6, 6.07) is 3.47. The second-order valence-electron chi connectivity index (χ2n) is 2.99. The van der Waals surface area contributed by atoms with Gasteiger partial charge in [-0.05, 0) is 11.6 Å². The number of rotatable bonds is 4. The van der Waals surface area contributed by atoms with E-state index in [1.807, 2.05) is 0 Å². The van der Waals surface area contributed by atoms with Crippen LogP contribution in [0.25, 0.3) is 0 Å². The fourth-order valence-corrected chi connectivity index (χ4v) is 2.07. The number of aromatic nitrogens is 1. The molecule has 2 N–H and O–H groups in total. The molecule has 78 valence electrons. The van der Waals surface area contributed by atoms with E-state index in [-0.39, 0.29) is 18.1 Å². The quantitative estimate of drug-likeness (QED) is 0.791. The minimum absolute atomic E-state index is 0.0316. The number of nitrogens with zero attached hydrogens (tertiary/aromatic N) is 1. The lowest BCUT2D eigenvalue weighted by molar-refractivity contribution is 0.596. The predicted octanol–water partition coefficient (Wildman–Crippen LogP) is 0.475. The number of hydrogen-bond acceptors (Lipinski definition) is 4. The van der Waals surface area contributed by atoms with E-state index in [9.17, 15) is 8.42 Å². The monoisotopic (exact) mass is 214 g/mol. The van der Waals surface area contributed by atoms with Gasteiger partial charge in [-0.2, -0.15) is 0 Å². The van der Waals surface area contributed by atoms with Crippen LogP contribution >= 0.6 is 0 Å². The second kappa shape index (κ2) is 4.52. The Bertz CT molecular complexity index is 401. The summed E-state index contributed by atoms with van der Waals surface area (Å²) in [6.45, 7) is 1.91. The topological polar surface area (TPSA) is 73.0 Å². The number of sulfone groups is 1. The summed E-state index contributed by atoms with van der Waals surface area (Å²) in [5.74, 6) is 0.176. The molecule has 0 spiro atoms. The molecule has 0 unspecified atom stereocenters. The normalized spacial score (nSPS) is 11.6. The molecular weight excluding hydrogens is 200 g/mol. The van der Waals surface area contributed by atoms with Gasteiger partial charge in [-0.3, -0.25) is 4.98 Å². The largest absolute Gasteiger partial charge is 0.325 e. The van der Waals surface area contributed by atoms with Gasteiger partial charge < -0.3 is 5.73 Å². The van der Waals surface area contributed by atoms with E-state index in [0.717, 1.165) is 0 Å². The molecule has 0 bridgehead atoms. The van der Waals surface area contributed by atoms with Gasteiger partial charge in [0.05, 0.1) is 11.4 Å². The molecule has 0 atom stereocenters. The highest BCUT2D eigenvalue weighted by Crippen LogP contribution is 2.09. The summed E-state index contributed by atoms with van der Waals surface area (Å²) in [5, 5.41) is 0. The molecule has 0 aliphatic rings. The van der Waals surface area contributed by atoms with Crippen molar-refractivity contribution in [2.45, 2.75) is 19.2 Å². The first-order valence-electron chi connectivity index (χ1n) is 4.42. The van der Waals surface area contributed by atoms with Crippen LogP contribution in [0.15, 0.2) is 18.3 Å². The lowest BCUT2D eigenvalue weighted by atomic mass is 10.2. The standard InChI is InChI=1S/C9H14N2O2S/c1-2-14(12,13)7-8-4-3-5-11-9(8)6-10/h3-5H,2,6-7,10H2,1H3. The van der Waals surface area contributed by atoms with Gasteiger partial charge in [0.25, 0.3) is 0 Å². The average Bonchev–Trinajstić information content (AvgIpc) is 2.18. The van der Waals surface area contributed by atoms with Crippen LogP contribution in [0.4, 0.5) is 0 Å². The van der Waals surface area contributed by atoms with E-state index in [2.05, 4.69) is 4.98 Å². The van der Waals surface area contributed by atoms with E-state index < -0.39 is 9.84 Å². The van der Waals surface area contributed by atoms with Gasteiger partial charge in [0, 0.05) is 18.5 Å². The van der Waals surface area contributed by atoms with Crippen LogP contribution in [0.5, 0.6) is 0 Å². The van der Waals surface area contributed by atoms with Crippen LogP contribution < -0.4 is 5.73 Å². The first-order chi connectivity index (χ1) is 6.59. The maximum Gasteiger partial charge on any atom is 0.154 e. The first-order valence-corrected chi connectivity index (χ1v) is 6.24. The Morgan fingerprint density at radius 1 is 1.50 bits per heavy atom. The van der Waals surface area contributed by atoms with Crippen LogP contribution in [-0.4, -0.2) is 19.2 Å². The Balaban J connectivity index is 2.97. The third-order valence-electron chi connectivity index (χ3n) is 1.99. The molecule has 0 aromatic carbocycles. The second-order valence-corrected chi connectivity index (χ2v) is 5.34. The molecular formula is C9H14N2O2S. The summed E-state index contributed by atoms with van der Waals surface area (Å²) < 4.78 is 22.7. The van der Waals surface area contributed by atoms with Crippen molar-refractivity contribution < 1.29 is 8.42 Å². The van der Waals surface area contributed by atoms with Gasteiger partial charge in [0.15, 0.2) is 9.84 Å². The van der Waals surface area contributed by atoms with E-state index >= 15 is 0 Å². The van der Waals surface area contributed by atoms with Crippen LogP contribution in [0.2, 0.25) is 0 Å². The van der Waals surface area contributed by atoms with Crippen LogP contribution in [-0.2, 0) is 22.1 Å². The zero-order valence-electron chi connectivity index (χ0n) is 8.10. The van der Waals surface area contributed by atoms with E-state index in [0.29, 0.717) is 11.3 Å². The highest BCUT2D eigenvalue weighted by molar-refractivity contribution is 7.90. The zero-order chi connectivity index (χ0) is 10.6. The SMILES string of the molecule is CCS(=O)(=O)Cc1cccnc1CN. The molecule has 0 aliphatic heterocycles. The molecule has 5 heteroatoms. The van der Waals surface area contributed by atoms with Gasteiger partial charge in [-0.15, -0.1) is 0 Å². The van der Waals surface area contributed by atoms with Gasteiger partial charge in [-0.25, -0.2) is 8.42 Å². The molecule has 4 nitrogen and oxygen atoms in total. The lowest BCUT2D eigenvalue weighted by Gasteiger charge is -2.05. The molecule has 1 aromatic heterocycles. The Morgan fingerprint density at radius 2 is 2.21 bits per heavy atom. The minimum Gasteiger partial charge on any atom is -0.325 e. The molecule has 1 rings (SSSR count). The highest BCUT2D eigenvalue weighted by atomic mass is 32.2. The van der Waals surface area contributed by atoms with Crippen molar-refractivity contribution in [3.05, 3.63) is 29.6 Å². The van der Waals surface area contributed by atoms with Crippen LogP contribution in [0, 0.1) is 0 Å². The minimum atomic E-state index is -3.00. The third-order valence-corrected chi connectivity index (χ3v) is 3.62. The molecule has 0 amide bonds. The summed E-state index contributed by atoms with van der Waals surface area (Å²) in [5.41, 5.74) is 6.82. The summed E-state index contributed by atoms with van der Waals surface area (Å²) in [7, 11) is -3.00. The smallest absolute Gasteiger partial charge is 0.154 e. The average molecular weight is 214 g/mol. The van der Waals surface area contributed by atoms with E-state index in [1.165, 1.54) is 0 Å². The van der Waals surface area contributed by atoms with Crippen molar-refractivity contribution >= 4 is 9.84 Å². The molecule has 0 radical (unpaired) electrons. The van der Waals surface area contributed by atoms with Crippen molar-refractivity contribution in [3.8, 4) is 0 Å². The summed E-state index contributed by atoms with van der Waals surface area (Å²) in [4.78, 5) is 4.03. The van der Waals surface area contributed by atoms with Gasteiger partial charge >= 0.3 is 0 Å². The first kappa shape index (κ1) is 11.1. The molecule has 0 aliphatic carbocycles. The number of nitrogens with two attached hydrogens (primary N) is 1. The predicted molar refractivity (Wildman–Crippen MR) is 55.3 cm³/mol. The highest BCUT2D eigenvalue weighted by Gasteiger charge is 2.11. The Kier molecular flexibility index (Phi) is 3.60. The lowest BCUT2D eigenvalue weighted by Crippen LogP contribution is -2.11. The van der Waals surface area contributed by atoms with Crippen molar-refractivity contribution in [1.82, 2.24) is 4.98 Å². The third kappa shape index (κ3) is 2.78. The molecule has 14 heavy (non-hydrogen) atoms. The fraction of sp³-hybridized carbons (Fsp3) is 0.444. The van der Waals surface area contributed by atoms with Crippen molar-refractivity contribution in [3.63, 3.8) is 0 Å². The Hall–Kier alpha value is -0.940. The molecule has 0 saturated heterocycles. The van der Waals surface area contributed by atoms with Crippen molar-refractivity contribution in [2.75, 3.05) is 5.75 Å². The summed E-state index contributed by atoms with van der Waals surface area (Å²) >= 11 is 0. The van der Waals surface area contributed by atoms with E-state index in [1.54, 1.807) is 25.3 Å². The van der Waals surface area contributed by atoms with Crippen LogP contribution in [0.3, 0.4) is 0 Å². The van der Waals surface area contributed by atoms with Crippen molar-refractivity contribution in [2.24, 2.45) is 5.73 Å². The zero-order valence-corrected chi connectivity index (χ0v) is 8.92. The fourth-order valence-electron chi connectivity index (χ4n) is 1.13. The molecule has 1 aromatic rings. The molecule has 0 fully saturated rings. The molecule has 0 saturated carbocycles.